The Kier molecular flexibility index (Phi) is 5.01. The summed E-state index contributed by atoms with van der Waals surface area (Å²) in [6.45, 7) is 8.69. The third-order valence-electron chi connectivity index (χ3n) is 3.83. The highest BCUT2D eigenvalue weighted by Crippen LogP contribution is 2.17. The molecule has 1 fully saturated rings. The van der Waals surface area contributed by atoms with Crippen LogP contribution in [0, 0.1) is 0 Å². The van der Waals surface area contributed by atoms with Crippen LogP contribution in [0.1, 0.15) is 30.9 Å². The predicted molar refractivity (Wildman–Crippen MR) is 79.8 cm³/mol. The van der Waals surface area contributed by atoms with Gasteiger partial charge in [0.1, 0.15) is 0 Å². The van der Waals surface area contributed by atoms with Gasteiger partial charge in [-0.3, -0.25) is 4.90 Å². The van der Waals surface area contributed by atoms with Crippen LogP contribution in [-0.2, 0) is 11.3 Å². The van der Waals surface area contributed by atoms with E-state index in [9.17, 15) is 4.79 Å². The van der Waals surface area contributed by atoms with E-state index in [0.29, 0.717) is 5.92 Å². The first-order chi connectivity index (χ1) is 9.60. The summed E-state index contributed by atoms with van der Waals surface area (Å²) in [4.78, 5) is 15.6. The Balaban J connectivity index is 1.89. The van der Waals surface area contributed by atoms with Crippen LogP contribution in [-0.4, -0.2) is 49.2 Å². The highest BCUT2D eigenvalue weighted by atomic mass is 16.5. The van der Waals surface area contributed by atoms with E-state index >= 15 is 0 Å². The number of piperazine rings is 1. The van der Waals surface area contributed by atoms with Gasteiger partial charge in [-0.05, 0) is 17.0 Å². The molecule has 1 heterocycles. The van der Waals surface area contributed by atoms with Crippen LogP contribution in [0.4, 0.5) is 4.79 Å². The molecule has 1 saturated heterocycles. The lowest BCUT2D eigenvalue weighted by molar-refractivity contribution is 0.0889. The van der Waals surface area contributed by atoms with Gasteiger partial charge < -0.3 is 9.64 Å². The molecule has 0 aromatic heterocycles. The molecule has 0 radical (unpaired) electrons. The summed E-state index contributed by atoms with van der Waals surface area (Å²) in [7, 11) is 1.44. The Morgan fingerprint density at radius 1 is 1.25 bits per heavy atom. The van der Waals surface area contributed by atoms with Crippen molar-refractivity contribution in [1.29, 1.82) is 0 Å². The Bertz CT molecular complexity index is 452. The summed E-state index contributed by atoms with van der Waals surface area (Å²) < 4.78 is 4.75. The fourth-order valence-electron chi connectivity index (χ4n) is 2.53. The van der Waals surface area contributed by atoms with Crippen molar-refractivity contribution in [2.24, 2.45) is 0 Å². The van der Waals surface area contributed by atoms with Crippen molar-refractivity contribution in [3.05, 3.63) is 35.4 Å². The summed E-state index contributed by atoms with van der Waals surface area (Å²) in [5.41, 5.74) is 2.73. The molecule has 2 rings (SSSR count). The third-order valence-corrected chi connectivity index (χ3v) is 3.83. The predicted octanol–water partition coefficient (Wildman–Crippen LogP) is 2.69. The first-order valence-corrected chi connectivity index (χ1v) is 7.24. The first kappa shape index (κ1) is 14.9. The van der Waals surface area contributed by atoms with Crippen LogP contribution in [0.3, 0.4) is 0 Å². The molecule has 0 saturated carbocycles. The number of amides is 1. The zero-order chi connectivity index (χ0) is 14.5. The Morgan fingerprint density at radius 2 is 1.95 bits per heavy atom. The molecule has 4 heteroatoms. The van der Waals surface area contributed by atoms with Gasteiger partial charge in [0.05, 0.1) is 7.11 Å². The van der Waals surface area contributed by atoms with Gasteiger partial charge in [0.2, 0.25) is 0 Å². The van der Waals surface area contributed by atoms with Gasteiger partial charge in [0, 0.05) is 32.7 Å². The highest BCUT2D eigenvalue weighted by Gasteiger charge is 2.21. The minimum atomic E-state index is -0.216. The lowest BCUT2D eigenvalue weighted by Crippen LogP contribution is -2.48. The number of carbonyl (C=O) groups is 1. The van der Waals surface area contributed by atoms with Gasteiger partial charge >= 0.3 is 6.09 Å². The molecule has 0 bridgehead atoms. The lowest BCUT2D eigenvalue weighted by atomic mass is 10.0. The molecule has 1 aliphatic heterocycles. The molecule has 1 aromatic rings. The molecular formula is C16H24N2O2. The average Bonchev–Trinajstić information content (AvgIpc) is 2.47. The third kappa shape index (κ3) is 3.73. The molecule has 0 aliphatic carbocycles. The number of hydrogen-bond acceptors (Lipinski definition) is 3. The van der Waals surface area contributed by atoms with Crippen molar-refractivity contribution in [2.45, 2.75) is 26.3 Å². The maximum atomic E-state index is 11.4. The van der Waals surface area contributed by atoms with Crippen LogP contribution in [0.5, 0.6) is 0 Å². The Morgan fingerprint density at radius 3 is 2.55 bits per heavy atom. The zero-order valence-electron chi connectivity index (χ0n) is 12.6. The van der Waals surface area contributed by atoms with Crippen molar-refractivity contribution >= 4 is 6.09 Å². The largest absolute Gasteiger partial charge is 0.453 e. The van der Waals surface area contributed by atoms with Gasteiger partial charge in [0.15, 0.2) is 0 Å². The molecule has 0 unspecified atom stereocenters. The summed E-state index contributed by atoms with van der Waals surface area (Å²) in [5.74, 6) is 0.561. The lowest BCUT2D eigenvalue weighted by Gasteiger charge is -2.33. The molecule has 20 heavy (non-hydrogen) atoms. The number of ether oxygens (including phenoxy) is 1. The normalized spacial score (nSPS) is 16.5. The molecule has 0 spiro atoms. The van der Waals surface area contributed by atoms with Crippen LogP contribution in [0.2, 0.25) is 0 Å². The number of nitrogens with zero attached hydrogens (tertiary/aromatic N) is 2. The number of hydrogen-bond donors (Lipinski definition) is 0. The van der Waals surface area contributed by atoms with Crippen molar-refractivity contribution in [3.8, 4) is 0 Å². The minimum absolute atomic E-state index is 0.216. The topological polar surface area (TPSA) is 32.8 Å². The van der Waals surface area contributed by atoms with Crippen molar-refractivity contribution in [3.63, 3.8) is 0 Å². The second kappa shape index (κ2) is 6.75. The molecule has 0 N–H and O–H groups in total. The van der Waals surface area contributed by atoms with Crippen LogP contribution >= 0.6 is 0 Å². The Labute approximate surface area is 121 Å². The van der Waals surface area contributed by atoms with E-state index in [-0.39, 0.29) is 6.09 Å². The van der Waals surface area contributed by atoms with Crippen molar-refractivity contribution in [1.82, 2.24) is 9.80 Å². The fourth-order valence-corrected chi connectivity index (χ4v) is 2.53. The van der Waals surface area contributed by atoms with E-state index in [2.05, 4.69) is 43.0 Å². The van der Waals surface area contributed by atoms with E-state index in [4.69, 9.17) is 4.74 Å². The molecule has 1 aromatic carbocycles. The van der Waals surface area contributed by atoms with Crippen molar-refractivity contribution < 1.29 is 9.53 Å². The summed E-state index contributed by atoms with van der Waals surface area (Å²) >= 11 is 0. The fraction of sp³-hybridized carbons (Fsp3) is 0.562. The summed E-state index contributed by atoms with van der Waals surface area (Å²) in [6.07, 6.45) is -0.216. The van der Waals surface area contributed by atoms with Crippen LogP contribution < -0.4 is 0 Å². The van der Waals surface area contributed by atoms with Crippen LogP contribution in [0.25, 0.3) is 0 Å². The SMILES string of the molecule is COC(=O)N1CCN(Cc2cccc(C(C)C)c2)CC1. The van der Waals surface area contributed by atoms with Gasteiger partial charge in [0.25, 0.3) is 0 Å². The molecule has 1 amide bonds. The summed E-state index contributed by atoms with van der Waals surface area (Å²) in [5, 5.41) is 0. The molecule has 4 nitrogen and oxygen atoms in total. The second-order valence-electron chi connectivity index (χ2n) is 5.63. The van der Waals surface area contributed by atoms with Gasteiger partial charge in [-0.15, -0.1) is 0 Å². The van der Waals surface area contributed by atoms with Crippen molar-refractivity contribution in [2.75, 3.05) is 33.3 Å². The standard InChI is InChI=1S/C16H24N2O2/c1-13(2)15-6-4-5-14(11-15)12-17-7-9-18(10-8-17)16(19)20-3/h4-6,11,13H,7-10,12H2,1-3H3. The second-order valence-corrected chi connectivity index (χ2v) is 5.63. The smallest absolute Gasteiger partial charge is 0.409 e. The number of methoxy groups -OCH3 is 1. The molecular weight excluding hydrogens is 252 g/mol. The maximum Gasteiger partial charge on any atom is 0.409 e. The summed E-state index contributed by atoms with van der Waals surface area (Å²) in [6, 6.07) is 8.79. The molecule has 1 aliphatic rings. The van der Waals surface area contributed by atoms with E-state index in [1.807, 2.05) is 0 Å². The van der Waals surface area contributed by atoms with Gasteiger partial charge in [-0.2, -0.15) is 0 Å². The van der Waals surface area contributed by atoms with E-state index in [0.717, 1.165) is 32.7 Å². The number of carbonyl (C=O) groups excluding carboxylic acids is 1. The van der Waals surface area contributed by atoms with E-state index < -0.39 is 0 Å². The minimum Gasteiger partial charge on any atom is -0.453 e. The monoisotopic (exact) mass is 276 g/mol. The van der Waals surface area contributed by atoms with Crippen LogP contribution in [0.15, 0.2) is 24.3 Å². The quantitative estimate of drug-likeness (QED) is 0.851. The highest BCUT2D eigenvalue weighted by molar-refractivity contribution is 5.67. The average molecular weight is 276 g/mol. The number of rotatable bonds is 3. The molecule has 110 valence electrons. The van der Waals surface area contributed by atoms with Gasteiger partial charge in [-0.25, -0.2) is 4.79 Å². The number of benzene rings is 1. The zero-order valence-corrected chi connectivity index (χ0v) is 12.6. The Hall–Kier alpha value is -1.55. The van der Waals surface area contributed by atoms with E-state index in [1.54, 1.807) is 4.90 Å². The van der Waals surface area contributed by atoms with Gasteiger partial charge in [-0.1, -0.05) is 38.1 Å². The molecule has 0 atom stereocenters. The van der Waals surface area contributed by atoms with E-state index in [1.165, 1.54) is 18.2 Å². The maximum absolute atomic E-state index is 11.4. The first-order valence-electron chi connectivity index (χ1n) is 7.24.